The fourth-order valence-electron chi connectivity index (χ4n) is 3.01. The number of hydrogen-bond acceptors (Lipinski definition) is 3. The maximum Gasteiger partial charge on any atom is 0.150 e. The molecule has 19 heavy (non-hydrogen) atoms. The standard InChI is InChI=1S/C15H23NO2S/c1-12-4-3-5-13(8-12)9-15(10-16-2)14-6-7-19(17,18)11-14/h3-5,8,14-16H,6-7,9-11H2,1-2H3. The summed E-state index contributed by atoms with van der Waals surface area (Å²) in [7, 11) is -0.850. The van der Waals surface area contributed by atoms with E-state index < -0.39 is 9.84 Å². The van der Waals surface area contributed by atoms with Crippen LogP contribution in [-0.4, -0.2) is 33.5 Å². The van der Waals surface area contributed by atoms with Crippen molar-refractivity contribution < 1.29 is 8.42 Å². The molecule has 2 rings (SSSR count). The first-order valence-corrected chi connectivity index (χ1v) is 8.73. The Bertz CT molecular complexity index is 525. The molecule has 0 amide bonds. The third-order valence-electron chi connectivity index (χ3n) is 3.98. The van der Waals surface area contributed by atoms with Crippen molar-refractivity contribution in [1.82, 2.24) is 5.32 Å². The van der Waals surface area contributed by atoms with Gasteiger partial charge in [-0.3, -0.25) is 0 Å². The van der Waals surface area contributed by atoms with Gasteiger partial charge >= 0.3 is 0 Å². The summed E-state index contributed by atoms with van der Waals surface area (Å²) in [5.74, 6) is 1.44. The average Bonchev–Trinajstić information content (AvgIpc) is 2.69. The van der Waals surface area contributed by atoms with Gasteiger partial charge in [0.05, 0.1) is 11.5 Å². The van der Waals surface area contributed by atoms with E-state index in [1.807, 2.05) is 7.05 Å². The molecule has 1 N–H and O–H groups in total. The van der Waals surface area contributed by atoms with E-state index in [0.717, 1.165) is 19.4 Å². The minimum atomic E-state index is -2.79. The molecule has 2 unspecified atom stereocenters. The van der Waals surface area contributed by atoms with Gasteiger partial charge in [0.25, 0.3) is 0 Å². The first kappa shape index (κ1) is 14.5. The van der Waals surface area contributed by atoms with Crippen LogP contribution in [0.25, 0.3) is 0 Å². The van der Waals surface area contributed by atoms with E-state index in [4.69, 9.17) is 0 Å². The summed E-state index contributed by atoms with van der Waals surface area (Å²) in [6.45, 7) is 2.98. The van der Waals surface area contributed by atoms with Crippen molar-refractivity contribution in [3.05, 3.63) is 35.4 Å². The lowest BCUT2D eigenvalue weighted by Gasteiger charge is -2.22. The van der Waals surface area contributed by atoms with E-state index in [-0.39, 0.29) is 0 Å². The molecule has 0 aliphatic carbocycles. The van der Waals surface area contributed by atoms with Gasteiger partial charge < -0.3 is 5.32 Å². The monoisotopic (exact) mass is 281 g/mol. The Morgan fingerprint density at radius 1 is 1.42 bits per heavy atom. The minimum absolute atomic E-state index is 0.304. The number of hydrogen-bond donors (Lipinski definition) is 1. The van der Waals surface area contributed by atoms with E-state index >= 15 is 0 Å². The molecule has 1 aromatic rings. The second kappa shape index (κ2) is 6.06. The molecule has 3 nitrogen and oxygen atoms in total. The molecular weight excluding hydrogens is 258 g/mol. The fourth-order valence-corrected chi connectivity index (χ4v) is 4.92. The van der Waals surface area contributed by atoms with Crippen molar-refractivity contribution in [3.8, 4) is 0 Å². The quantitative estimate of drug-likeness (QED) is 0.895. The molecule has 1 saturated heterocycles. The number of sulfone groups is 1. The Kier molecular flexibility index (Phi) is 4.63. The third kappa shape index (κ3) is 4.05. The largest absolute Gasteiger partial charge is 0.319 e. The molecule has 0 bridgehead atoms. The van der Waals surface area contributed by atoms with E-state index in [1.54, 1.807) is 0 Å². The predicted octanol–water partition coefficient (Wildman–Crippen LogP) is 1.81. The highest BCUT2D eigenvalue weighted by atomic mass is 32.2. The Morgan fingerprint density at radius 2 is 2.21 bits per heavy atom. The van der Waals surface area contributed by atoms with E-state index in [0.29, 0.717) is 23.3 Å². The molecular formula is C15H23NO2S. The van der Waals surface area contributed by atoms with E-state index in [2.05, 4.69) is 36.5 Å². The lowest BCUT2D eigenvalue weighted by Crippen LogP contribution is -2.28. The Morgan fingerprint density at radius 3 is 2.79 bits per heavy atom. The van der Waals surface area contributed by atoms with Crippen LogP contribution in [0.4, 0.5) is 0 Å². The third-order valence-corrected chi connectivity index (χ3v) is 5.77. The maximum absolute atomic E-state index is 11.6. The van der Waals surface area contributed by atoms with Crippen LogP contribution in [0.15, 0.2) is 24.3 Å². The number of nitrogens with one attached hydrogen (secondary N) is 1. The molecule has 0 aromatic heterocycles. The molecule has 0 radical (unpaired) electrons. The van der Waals surface area contributed by atoms with Crippen molar-refractivity contribution in [3.63, 3.8) is 0 Å². The van der Waals surface area contributed by atoms with Crippen LogP contribution in [-0.2, 0) is 16.3 Å². The van der Waals surface area contributed by atoms with Crippen LogP contribution < -0.4 is 5.32 Å². The van der Waals surface area contributed by atoms with Crippen LogP contribution in [0.5, 0.6) is 0 Å². The summed E-state index contributed by atoms with van der Waals surface area (Å²) in [4.78, 5) is 0. The highest BCUT2D eigenvalue weighted by molar-refractivity contribution is 7.91. The zero-order valence-electron chi connectivity index (χ0n) is 11.7. The van der Waals surface area contributed by atoms with Gasteiger partial charge in [-0.15, -0.1) is 0 Å². The van der Waals surface area contributed by atoms with Crippen LogP contribution in [0.2, 0.25) is 0 Å². The summed E-state index contributed by atoms with van der Waals surface area (Å²) in [6, 6.07) is 8.51. The summed E-state index contributed by atoms with van der Waals surface area (Å²) in [5, 5.41) is 3.21. The maximum atomic E-state index is 11.6. The second-order valence-electron chi connectivity index (χ2n) is 5.67. The van der Waals surface area contributed by atoms with E-state index in [9.17, 15) is 8.42 Å². The van der Waals surface area contributed by atoms with Crippen molar-refractivity contribution >= 4 is 9.84 Å². The lowest BCUT2D eigenvalue weighted by atomic mass is 9.86. The lowest BCUT2D eigenvalue weighted by molar-refractivity contribution is 0.352. The number of rotatable bonds is 5. The highest BCUT2D eigenvalue weighted by Crippen LogP contribution is 2.28. The smallest absolute Gasteiger partial charge is 0.150 e. The van der Waals surface area contributed by atoms with Gasteiger partial charge in [-0.05, 0) is 50.8 Å². The van der Waals surface area contributed by atoms with Crippen LogP contribution in [0.3, 0.4) is 0 Å². The minimum Gasteiger partial charge on any atom is -0.319 e. The molecule has 106 valence electrons. The number of benzene rings is 1. The van der Waals surface area contributed by atoms with Crippen molar-refractivity contribution in [2.45, 2.75) is 19.8 Å². The summed E-state index contributed by atoms with van der Waals surface area (Å²) >= 11 is 0. The van der Waals surface area contributed by atoms with Gasteiger partial charge in [-0.25, -0.2) is 8.42 Å². The topological polar surface area (TPSA) is 46.2 Å². The van der Waals surface area contributed by atoms with Gasteiger partial charge in [0.15, 0.2) is 9.84 Å². The molecule has 1 aromatic carbocycles. The number of aryl methyl sites for hydroxylation is 1. The van der Waals surface area contributed by atoms with Gasteiger partial charge in [0.2, 0.25) is 0 Å². The first-order chi connectivity index (χ1) is 9.00. The Labute approximate surface area is 116 Å². The molecule has 0 spiro atoms. The molecule has 4 heteroatoms. The predicted molar refractivity (Wildman–Crippen MR) is 79.1 cm³/mol. The first-order valence-electron chi connectivity index (χ1n) is 6.91. The fraction of sp³-hybridized carbons (Fsp3) is 0.600. The molecule has 1 heterocycles. The summed E-state index contributed by atoms with van der Waals surface area (Å²) < 4.78 is 23.3. The van der Waals surface area contributed by atoms with Crippen molar-refractivity contribution in [2.24, 2.45) is 11.8 Å². The van der Waals surface area contributed by atoms with Crippen molar-refractivity contribution in [2.75, 3.05) is 25.1 Å². The van der Waals surface area contributed by atoms with Crippen LogP contribution in [0, 0.1) is 18.8 Å². The summed E-state index contributed by atoms with van der Waals surface area (Å²) in [5.41, 5.74) is 2.57. The van der Waals surface area contributed by atoms with Gasteiger partial charge in [-0.1, -0.05) is 29.8 Å². The van der Waals surface area contributed by atoms with Crippen LogP contribution >= 0.6 is 0 Å². The Hall–Kier alpha value is -0.870. The molecule has 1 aliphatic rings. The van der Waals surface area contributed by atoms with Crippen molar-refractivity contribution in [1.29, 1.82) is 0 Å². The van der Waals surface area contributed by atoms with Gasteiger partial charge in [-0.2, -0.15) is 0 Å². The SMILES string of the molecule is CNCC(Cc1cccc(C)c1)C1CCS(=O)(=O)C1. The average molecular weight is 281 g/mol. The van der Waals surface area contributed by atoms with Gasteiger partial charge in [0, 0.05) is 0 Å². The molecule has 2 atom stereocenters. The summed E-state index contributed by atoms with van der Waals surface area (Å²) in [6.07, 6.45) is 1.78. The normalized spacial score (nSPS) is 23.4. The molecule has 1 aliphatic heterocycles. The van der Waals surface area contributed by atoms with Crippen LogP contribution in [0.1, 0.15) is 17.5 Å². The highest BCUT2D eigenvalue weighted by Gasteiger charge is 2.33. The zero-order chi connectivity index (χ0) is 13.9. The molecule has 1 fully saturated rings. The molecule has 0 saturated carbocycles. The zero-order valence-corrected chi connectivity index (χ0v) is 12.5. The second-order valence-corrected chi connectivity index (χ2v) is 7.90. The Balaban J connectivity index is 2.08. The van der Waals surface area contributed by atoms with Gasteiger partial charge in [0.1, 0.15) is 0 Å². The van der Waals surface area contributed by atoms with E-state index in [1.165, 1.54) is 11.1 Å².